The third-order valence-electron chi connectivity index (χ3n) is 3.57. The van der Waals surface area contributed by atoms with Gasteiger partial charge in [0.25, 0.3) is 0 Å². The Hall–Kier alpha value is -2.18. The van der Waals surface area contributed by atoms with Crippen molar-refractivity contribution in [3.63, 3.8) is 0 Å². The number of thioether (sulfide) groups is 1. The lowest BCUT2D eigenvalue weighted by Crippen LogP contribution is -2.06. The van der Waals surface area contributed by atoms with Gasteiger partial charge in [0.05, 0.1) is 18.5 Å². The molecule has 0 unspecified atom stereocenters. The lowest BCUT2D eigenvalue weighted by Gasteiger charge is -2.11. The summed E-state index contributed by atoms with van der Waals surface area (Å²) in [6.45, 7) is 0.358. The Morgan fingerprint density at radius 1 is 1.00 bits per heavy atom. The van der Waals surface area contributed by atoms with Gasteiger partial charge in [-0.2, -0.15) is 0 Å². The van der Waals surface area contributed by atoms with Crippen LogP contribution in [0.2, 0.25) is 0 Å². The number of rotatable bonds is 6. The summed E-state index contributed by atoms with van der Waals surface area (Å²) < 4.78 is 28.2. The van der Waals surface area contributed by atoms with Crippen LogP contribution in [0.4, 0.5) is 8.78 Å². The number of halogens is 2. The monoisotopic (exact) mass is 346 g/mol. The standard InChI is InChI=1S/C18H16F2N2OS/c19-15-6-4-13(5-7-15)10-22-17(11-23)9-21-18(22)24-12-14-2-1-3-16(20)8-14/h1-9,23H,10-12H2. The summed E-state index contributed by atoms with van der Waals surface area (Å²) in [5.74, 6) is 0.0227. The summed E-state index contributed by atoms with van der Waals surface area (Å²) in [7, 11) is 0. The lowest BCUT2D eigenvalue weighted by molar-refractivity contribution is 0.270. The van der Waals surface area contributed by atoms with Gasteiger partial charge in [-0.25, -0.2) is 13.8 Å². The highest BCUT2D eigenvalue weighted by Gasteiger charge is 2.11. The van der Waals surface area contributed by atoms with Gasteiger partial charge >= 0.3 is 0 Å². The largest absolute Gasteiger partial charge is 0.390 e. The molecule has 0 saturated heterocycles. The van der Waals surface area contributed by atoms with Crippen LogP contribution in [0.3, 0.4) is 0 Å². The molecule has 124 valence electrons. The molecule has 6 heteroatoms. The predicted molar refractivity (Wildman–Crippen MR) is 89.6 cm³/mol. The Balaban J connectivity index is 1.78. The second kappa shape index (κ2) is 7.59. The minimum atomic E-state index is -0.285. The first-order chi connectivity index (χ1) is 11.7. The fraction of sp³-hybridized carbons (Fsp3) is 0.167. The van der Waals surface area contributed by atoms with Gasteiger partial charge in [0, 0.05) is 12.3 Å². The van der Waals surface area contributed by atoms with Crippen molar-refractivity contribution < 1.29 is 13.9 Å². The fourth-order valence-electron chi connectivity index (χ4n) is 2.35. The maximum atomic E-state index is 13.3. The number of nitrogens with zero attached hydrogens (tertiary/aromatic N) is 2. The van der Waals surface area contributed by atoms with Gasteiger partial charge < -0.3 is 9.67 Å². The molecule has 0 saturated carbocycles. The van der Waals surface area contributed by atoms with E-state index in [4.69, 9.17) is 0 Å². The van der Waals surface area contributed by atoms with Gasteiger partial charge in [-0.1, -0.05) is 36.0 Å². The number of hydrogen-bond donors (Lipinski definition) is 1. The molecule has 1 N–H and O–H groups in total. The van der Waals surface area contributed by atoms with Gasteiger partial charge in [-0.05, 0) is 35.4 Å². The molecular weight excluding hydrogens is 330 g/mol. The highest BCUT2D eigenvalue weighted by atomic mass is 32.2. The van der Waals surface area contributed by atoms with Gasteiger partial charge in [-0.3, -0.25) is 0 Å². The molecule has 0 amide bonds. The van der Waals surface area contributed by atoms with Crippen molar-refractivity contribution in [3.8, 4) is 0 Å². The zero-order chi connectivity index (χ0) is 16.9. The lowest BCUT2D eigenvalue weighted by atomic mass is 10.2. The third-order valence-corrected chi connectivity index (χ3v) is 4.64. The molecule has 1 heterocycles. The molecule has 2 aromatic carbocycles. The Labute approximate surface area is 143 Å². The summed E-state index contributed by atoms with van der Waals surface area (Å²) in [4.78, 5) is 4.34. The molecule has 3 nitrogen and oxygen atoms in total. The van der Waals surface area contributed by atoms with E-state index in [1.165, 1.54) is 36.0 Å². The van der Waals surface area contributed by atoms with Crippen LogP contribution in [0.1, 0.15) is 16.8 Å². The van der Waals surface area contributed by atoms with Crippen molar-refractivity contribution in [1.29, 1.82) is 0 Å². The van der Waals surface area contributed by atoms with E-state index < -0.39 is 0 Å². The van der Waals surface area contributed by atoms with Crippen LogP contribution in [-0.4, -0.2) is 14.7 Å². The second-order valence-electron chi connectivity index (χ2n) is 5.32. The molecule has 0 spiro atoms. The minimum absolute atomic E-state index is 0.130. The maximum absolute atomic E-state index is 13.3. The van der Waals surface area contributed by atoms with Crippen LogP contribution in [0.25, 0.3) is 0 Å². The number of imidazole rings is 1. The number of hydrogen-bond acceptors (Lipinski definition) is 3. The van der Waals surface area contributed by atoms with Gasteiger partial charge in [0.15, 0.2) is 5.16 Å². The third kappa shape index (κ3) is 4.01. The van der Waals surface area contributed by atoms with E-state index in [0.29, 0.717) is 18.0 Å². The summed E-state index contributed by atoms with van der Waals surface area (Å²) >= 11 is 1.47. The van der Waals surface area contributed by atoms with E-state index in [2.05, 4.69) is 4.98 Å². The van der Waals surface area contributed by atoms with E-state index in [1.807, 2.05) is 10.6 Å². The van der Waals surface area contributed by atoms with E-state index in [9.17, 15) is 13.9 Å². The van der Waals surface area contributed by atoms with Crippen molar-refractivity contribution in [1.82, 2.24) is 9.55 Å². The fourth-order valence-corrected chi connectivity index (χ4v) is 3.29. The molecule has 0 bridgehead atoms. The average Bonchev–Trinajstić information content (AvgIpc) is 2.97. The van der Waals surface area contributed by atoms with Crippen molar-refractivity contribution in [3.05, 3.63) is 83.2 Å². The molecule has 24 heavy (non-hydrogen) atoms. The number of aliphatic hydroxyl groups is 1. The van der Waals surface area contributed by atoms with Gasteiger partial charge in [0.2, 0.25) is 0 Å². The van der Waals surface area contributed by atoms with E-state index >= 15 is 0 Å². The molecule has 0 atom stereocenters. The van der Waals surface area contributed by atoms with E-state index in [-0.39, 0.29) is 18.2 Å². The van der Waals surface area contributed by atoms with Crippen LogP contribution in [0.15, 0.2) is 59.9 Å². The first kappa shape index (κ1) is 16.7. The molecule has 0 fully saturated rings. The molecular formula is C18H16F2N2OS. The van der Waals surface area contributed by atoms with Crippen molar-refractivity contribution >= 4 is 11.8 Å². The minimum Gasteiger partial charge on any atom is -0.390 e. The van der Waals surface area contributed by atoms with Gasteiger partial charge in [0.1, 0.15) is 11.6 Å². The highest BCUT2D eigenvalue weighted by molar-refractivity contribution is 7.98. The summed E-state index contributed by atoms with van der Waals surface area (Å²) in [5.41, 5.74) is 2.46. The first-order valence-electron chi connectivity index (χ1n) is 7.42. The molecule has 0 radical (unpaired) electrons. The number of aromatic nitrogens is 2. The molecule has 0 aliphatic heterocycles. The maximum Gasteiger partial charge on any atom is 0.168 e. The topological polar surface area (TPSA) is 38.1 Å². The first-order valence-corrected chi connectivity index (χ1v) is 8.41. The van der Waals surface area contributed by atoms with Crippen LogP contribution in [-0.2, 0) is 18.9 Å². The molecule has 0 aliphatic rings. The SMILES string of the molecule is OCc1cnc(SCc2cccc(F)c2)n1Cc1ccc(F)cc1. The van der Waals surface area contributed by atoms with E-state index in [0.717, 1.165) is 16.3 Å². The predicted octanol–water partition coefficient (Wildman–Crippen LogP) is 3.99. The number of benzene rings is 2. The Morgan fingerprint density at radius 2 is 1.79 bits per heavy atom. The second-order valence-corrected chi connectivity index (χ2v) is 6.26. The van der Waals surface area contributed by atoms with Crippen molar-refractivity contribution in [2.45, 2.75) is 24.1 Å². The Morgan fingerprint density at radius 3 is 2.50 bits per heavy atom. The zero-order valence-corrected chi connectivity index (χ0v) is 13.6. The molecule has 3 aromatic rings. The van der Waals surface area contributed by atoms with E-state index in [1.54, 1.807) is 24.4 Å². The zero-order valence-electron chi connectivity index (χ0n) is 12.8. The van der Waals surface area contributed by atoms with Crippen molar-refractivity contribution in [2.24, 2.45) is 0 Å². The highest BCUT2D eigenvalue weighted by Crippen LogP contribution is 2.24. The van der Waals surface area contributed by atoms with Crippen LogP contribution in [0, 0.1) is 11.6 Å². The normalized spacial score (nSPS) is 11.0. The average molecular weight is 346 g/mol. The summed E-state index contributed by atoms with van der Waals surface area (Å²) in [5, 5.41) is 10.2. The van der Waals surface area contributed by atoms with Crippen LogP contribution in [0.5, 0.6) is 0 Å². The smallest absolute Gasteiger partial charge is 0.168 e. The Kier molecular flexibility index (Phi) is 5.27. The molecule has 0 aliphatic carbocycles. The van der Waals surface area contributed by atoms with Crippen molar-refractivity contribution in [2.75, 3.05) is 0 Å². The van der Waals surface area contributed by atoms with Crippen LogP contribution < -0.4 is 0 Å². The molecule has 3 rings (SSSR count). The summed E-state index contributed by atoms with van der Waals surface area (Å²) in [6.07, 6.45) is 1.62. The molecule has 1 aromatic heterocycles. The quantitative estimate of drug-likeness (QED) is 0.686. The van der Waals surface area contributed by atoms with Gasteiger partial charge in [-0.15, -0.1) is 0 Å². The Bertz CT molecular complexity index is 818. The van der Waals surface area contributed by atoms with Crippen LogP contribution >= 0.6 is 11.8 Å². The number of aliphatic hydroxyl groups excluding tert-OH is 1. The summed E-state index contributed by atoms with van der Waals surface area (Å²) in [6, 6.07) is 12.7.